The molecule has 182 valence electrons. The van der Waals surface area contributed by atoms with Crippen molar-refractivity contribution < 1.29 is 9.53 Å². The van der Waals surface area contributed by atoms with E-state index in [0.717, 1.165) is 55.0 Å². The van der Waals surface area contributed by atoms with E-state index in [1.807, 2.05) is 41.3 Å². The van der Waals surface area contributed by atoms with Crippen LogP contribution in [0.4, 0.5) is 23.1 Å². The topological polar surface area (TPSA) is 110 Å². The molecule has 9 nitrogen and oxygen atoms in total. The molecule has 0 unspecified atom stereocenters. The highest BCUT2D eigenvalue weighted by Crippen LogP contribution is 2.34. The molecule has 1 atom stereocenters. The molecule has 5 rings (SSSR count). The Morgan fingerprint density at radius 3 is 2.77 bits per heavy atom. The fourth-order valence-corrected chi connectivity index (χ4v) is 4.77. The lowest BCUT2D eigenvalue weighted by Crippen LogP contribution is -2.44. The Kier molecular flexibility index (Phi) is 6.76. The summed E-state index contributed by atoms with van der Waals surface area (Å²) in [7, 11) is 0. The van der Waals surface area contributed by atoms with Gasteiger partial charge in [-0.2, -0.15) is 5.10 Å². The molecule has 2 fully saturated rings. The van der Waals surface area contributed by atoms with Crippen molar-refractivity contribution in [2.45, 2.75) is 38.6 Å². The Balaban J connectivity index is 1.55. The molecule has 0 radical (unpaired) electrons. The fraction of sp³-hybridized carbons (Fsp3) is 0.385. The van der Waals surface area contributed by atoms with E-state index in [1.165, 1.54) is 6.21 Å². The summed E-state index contributed by atoms with van der Waals surface area (Å²) < 4.78 is 5.63. The molecule has 1 aromatic carbocycles. The average Bonchev–Trinajstić information content (AvgIpc) is 3.30. The first kappa shape index (κ1) is 23.0. The highest BCUT2D eigenvalue weighted by Gasteiger charge is 2.24. The van der Waals surface area contributed by atoms with Crippen molar-refractivity contribution in [3.8, 4) is 11.1 Å². The third-order valence-corrected chi connectivity index (χ3v) is 6.67. The second-order valence-electron chi connectivity index (χ2n) is 9.05. The summed E-state index contributed by atoms with van der Waals surface area (Å²) in [5.74, 6) is 2.31. The molecule has 4 heterocycles. The number of benzene rings is 1. The van der Waals surface area contributed by atoms with Crippen LogP contribution in [0.25, 0.3) is 11.1 Å². The number of anilines is 4. The van der Waals surface area contributed by atoms with Crippen LogP contribution in [0, 0.1) is 5.41 Å². The number of amides is 1. The zero-order valence-corrected chi connectivity index (χ0v) is 20.0. The maximum absolute atomic E-state index is 12.6. The standard InChI is InChI=1S/C26H31N7O2/c1-18-17-35-14-13-32(18)24-15-21(22(16-27)26(30-24)29-23-10-11-28-31-23)19-6-8-20(9-7-19)33-12-4-2-3-5-25(33)34/h6-11,15-16,18,27H,2-5,12-14,17H2,1H3,(H2,28,29,30,31)/t18-/m1/s1. The van der Waals surface area contributed by atoms with Gasteiger partial charge in [0.1, 0.15) is 17.5 Å². The summed E-state index contributed by atoms with van der Waals surface area (Å²) in [4.78, 5) is 21.6. The minimum atomic E-state index is 0.186. The Morgan fingerprint density at radius 1 is 1.17 bits per heavy atom. The highest BCUT2D eigenvalue weighted by molar-refractivity contribution is 5.97. The van der Waals surface area contributed by atoms with Gasteiger partial charge < -0.3 is 25.3 Å². The smallest absolute Gasteiger partial charge is 0.226 e. The van der Waals surface area contributed by atoms with Gasteiger partial charge in [-0.05, 0) is 49.1 Å². The monoisotopic (exact) mass is 473 g/mol. The van der Waals surface area contributed by atoms with Crippen molar-refractivity contribution in [3.05, 3.63) is 48.2 Å². The van der Waals surface area contributed by atoms with Crippen molar-refractivity contribution in [2.75, 3.05) is 41.4 Å². The lowest BCUT2D eigenvalue weighted by atomic mass is 10.00. The maximum Gasteiger partial charge on any atom is 0.226 e. The second-order valence-corrected chi connectivity index (χ2v) is 9.05. The molecule has 0 spiro atoms. The first-order valence-corrected chi connectivity index (χ1v) is 12.2. The summed E-state index contributed by atoms with van der Waals surface area (Å²) in [6.45, 7) is 4.92. The van der Waals surface area contributed by atoms with Gasteiger partial charge in [0.05, 0.1) is 25.5 Å². The number of carbonyl (C=O) groups excluding carboxylic acids is 1. The minimum Gasteiger partial charge on any atom is -0.377 e. The lowest BCUT2D eigenvalue weighted by molar-refractivity contribution is -0.118. The first-order valence-electron chi connectivity index (χ1n) is 12.2. The number of hydrogen-bond donors (Lipinski definition) is 3. The van der Waals surface area contributed by atoms with Crippen LogP contribution in [0.2, 0.25) is 0 Å². The maximum atomic E-state index is 12.6. The van der Waals surface area contributed by atoms with Gasteiger partial charge in [-0.1, -0.05) is 18.6 Å². The number of hydrogen-bond acceptors (Lipinski definition) is 7. The largest absolute Gasteiger partial charge is 0.377 e. The van der Waals surface area contributed by atoms with Crippen LogP contribution >= 0.6 is 0 Å². The van der Waals surface area contributed by atoms with Crippen molar-refractivity contribution >= 4 is 35.3 Å². The summed E-state index contributed by atoms with van der Waals surface area (Å²) in [5.41, 5.74) is 3.47. The summed E-state index contributed by atoms with van der Waals surface area (Å²) in [6, 6.07) is 12.1. The molecule has 2 aliphatic rings. The SMILES string of the molecule is C[C@@H]1COCCN1c1cc(-c2ccc(N3CCCCCC3=O)cc2)c(C=N)c(Nc2ccn[nH]2)n1. The Hall–Kier alpha value is -3.72. The van der Waals surface area contributed by atoms with E-state index in [4.69, 9.17) is 15.1 Å². The molecular weight excluding hydrogens is 442 g/mol. The zero-order chi connectivity index (χ0) is 24.2. The lowest BCUT2D eigenvalue weighted by Gasteiger charge is -2.35. The van der Waals surface area contributed by atoms with Gasteiger partial charge >= 0.3 is 0 Å². The molecule has 0 saturated carbocycles. The van der Waals surface area contributed by atoms with E-state index in [0.29, 0.717) is 36.8 Å². The van der Waals surface area contributed by atoms with Gasteiger partial charge in [-0.3, -0.25) is 9.89 Å². The molecule has 3 aromatic rings. The Labute approximate surface area is 205 Å². The van der Waals surface area contributed by atoms with Crippen LogP contribution in [0.15, 0.2) is 42.6 Å². The van der Waals surface area contributed by atoms with Crippen LogP contribution in [0.5, 0.6) is 0 Å². The predicted octanol–water partition coefficient (Wildman–Crippen LogP) is 4.35. The number of nitrogens with zero attached hydrogens (tertiary/aromatic N) is 4. The second kappa shape index (κ2) is 10.3. The number of aromatic nitrogens is 3. The number of aromatic amines is 1. The number of carbonyl (C=O) groups is 1. The van der Waals surface area contributed by atoms with Crippen LogP contribution in [-0.2, 0) is 9.53 Å². The van der Waals surface area contributed by atoms with E-state index in [9.17, 15) is 4.79 Å². The van der Waals surface area contributed by atoms with Crippen molar-refractivity contribution in [1.82, 2.24) is 15.2 Å². The van der Waals surface area contributed by atoms with Crippen molar-refractivity contribution in [1.29, 1.82) is 5.41 Å². The van der Waals surface area contributed by atoms with Gasteiger partial charge in [-0.15, -0.1) is 0 Å². The third kappa shape index (κ3) is 4.90. The molecule has 2 aromatic heterocycles. The van der Waals surface area contributed by atoms with Crippen LogP contribution in [0.3, 0.4) is 0 Å². The van der Waals surface area contributed by atoms with Gasteiger partial charge in [0, 0.05) is 43.0 Å². The number of morpholine rings is 1. The highest BCUT2D eigenvalue weighted by atomic mass is 16.5. The van der Waals surface area contributed by atoms with Crippen LogP contribution < -0.4 is 15.1 Å². The van der Waals surface area contributed by atoms with Crippen LogP contribution in [0.1, 0.15) is 38.2 Å². The van der Waals surface area contributed by atoms with Gasteiger partial charge in [0.2, 0.25) is 5.91 Å². The molecule has 1 amide bonds. The molecule has 35 heavy (non-hydrogen) atoms. The van der Waals surface area contributed by atoms with Crippen molar-refractivity contribution in [2.24, 2.45) is 0 Å². The fourth-order valence-electron chi connectivity index (χ4n) is 4.77. The molecule has 0 bridgehead atoms. The first-order chi connectivity index (χ1) is 17.1. The summed E-state index contributed by atoms with van der Waals surface area (Å²) in [6.07, 6.45) is 6.69. The number of nitrogens with one attached hydrogen (secondary N) is 3. The molecule has 3 N–H and O–H groups in total. The minimum absolute atomic E-state index is 0.186. The zero-order valence-electron chi connectivity index (χ0n) is 20.0. The molecular formula is C26H31N7O2. The summed E-state index contributed by atoms with van der Waals surface area (Å²) >= 11 is 0. The van der Waals surface area contributed by atoms with E-state index < -0.39 is 0 Å². The molecule has 9 heteroatoms. The predicted molar refractivity (Wildman–Crippen MR) is 138 cm³/mol. The Morgan fingerprint density at radius 2 is 2.03 bits per heavy atom. The van der Waals surface area contributed by atoms with E-state index in [2.05, 4.69) is 27.3 Å². The number of pyridine rings is 1. The quantitative estimate of drug-likeness (QED) is 0.459. The summed E-state index contributed by atoms with van der Waals surface area (Å²) in [5, 5.41) is 18.4. The van der Waals surface area contributed by atoms with E-state index >= 15 is 0 Å². The average molecular weight is 474 g/mol. The third-order valence-electron chi connectivity index (χ3n) is 6.67. The van der Waals surface area contributed by atoms with Gasteiger partial charge in [0.25, 0.3) is 0 Å². The van der Waals surface area contributed by atoms with Gasteiger partial charge in [-0.25, -0.2) is 4.98 Å². The Bertz CT molecular complexity index is 1180. The van der Waals surface area contributed by atoms with Crippen LogP contribution in [-0.4, -0.2) is 59.6 Å². The van der Waals surface area contributed by atoms with Crippen molar-refractivity contribution in [3.63, 3.8) is 0 Å². The van der Waals surface area contributed by atoms with E-state index in [-0.39, 0.29) is 11.9 Å². The number of H-pyrrole nitrogens is 1. The van der Waals surface area contributed by atoms with Gasteiger partial charge in [0.15, 0.2) is 0 Å². The molecule has 0 aliphatic carbocycles. The van der Waals surface area contributed by atoms with E-state index in [1.54, 1.807) is 6.20 Å². The normalized spacial score (nSPS) is 18.9. The molecule has 2 saturated heterocycles. The number of rotatable bonds is 6. The molecule has 2 aliphatic heterocycles. The number of ether oxygens (including phenoxy) is 1.